The van der Waals surface area contributed by atoms with Crippen molar-refractivity contribution in [3.05, 3.63) is 6.33 Å². The van der Waals surface area contributed by atoms with Gasteiger partial charge in [0.05, 0.1) is 0 Å². The Morgan fingerprint density at radius 2 is 2.71 bits per heavy atom. The summed E-state index contributed by atoms with van der Waals surface area (Å²) in [6.45, 7) is 0. The third kappa shape index (κ3) is 0.677. The molecule has 0 saturated heterocycles. The van der Waals surface area contributed by atoms with E-state index in [-0.39, 0.29) is 1.43 Å². The largest absolute Gasteiger partial charge is 0.367 e. The lowest BCUT2D eigenvalue weighted by molar-refractivity contribution is 0.769. The van der Waals surface area contributed by atoms with E-state index in [1.165, 1.54) is 0 Å². The molecule has 0 aromatic carbocycles. The second-order valence-corrected chi connectivity index (χ2v) is 1.28. The first-order chi connectivity index (χ1) is 3.29. The summed E-state index contributed by atoms with van der Waals surface area (Å²) in [5.74, 6) is 0.322. The summed E-state index contributed by atoms with van der Waals surface area (Å²) < 4.78 is 1.55. The number of anilines is 1. The first-order valence-corrected chi connectivity index (χ1v) is 1.90. The van der Waals surface area contributed by atoms with E-state index in [9.17, 15) is 0 Å². The van der Waals surface area contributed by atoms with Crippen molar-refractivity contribution in [2.45, 2.75) is 0 Å². The zero-order valence-corrected chi connectivity index (χ0v) is 4.00. The van der Waals surface area contributed by atoms with E-state index in [0.29, 0.717) is 5.95 Å². The number of nitrogens with two attached hydrogens (primary N) is 1. The van der Waals surface area contributed by atoms with Gasteiger partial charge in [0.15, 0.2) is 0 Å². The van der Waals surface area contributed by atoms with Crippen LogP contribution in [0.1, 0.15) is 1.43 Å². The molecule has 0 atom stereocenters. The van der Waals surface area contributed by atoms with Crippen LogP contribution in [0.2, 0.25) is 0 Å². The van der Waals surface area contributed by atoms with Gasteiger partial charge in [-0.2, -0.15) is 0 Å². The van der Waals surface area contributed by atoms with Gasteiger partial charge in [0.1, 0.15) is 6.33 Å². The topological polar surface area (TPSA) is 56.7 Å². The van der Waals surface area contributed by atoms with Gasteiger partial charge in [0.25, 0.3) is 0 Å². The van der Waals surface area contributed by atoms with Crippen LogP contribution in [0, 0.1) is 0 Å². The van der Waals surface area contributed by atoms with Gasteiger partial charge >= 0.3 is 0 Å². The SMILES string of the molecule is Cn1cnc(N)n1.[HH]. The van der Waals surface area contributed by atoms with Crippen molar-refractivity contribution in [1.29, 1.82) is 0 Å². The van der Waals surface area contributed by atoms with E-state index in [1.54, 1.807) is 18.1 Å². The van der Waals surface area contributed by atoms with Gasteiger partial charge in [-0.15, -0.1) is 5.10 Å². The average molecular weight is 100 g/mol. The lowest BCUT2D eigenvalue weighted by Gasteiger charge is -1.76. The third-order valence-electron chi connectivity index (χ3n) is 0.617. The van der Waals surface area contributed by atoms with Gasteiger partial charge in [-0.1, -0.05) is 0 Å². The quantitative estimate of drug-likeness (QED) is 0.484. The summed E-state index contributed by atoms with van der Waals surface area (Å²) in [6, 6.07) is 0. The first kappa shape index (κ1) is 4.11. The molecule has 0 aliphatic carbocycles. The predicted molar refractivity (Wildman–Crippen MR) is 27.5 cm³/mol. The number of aryl methyl sites for hydroxylation is 1. The van der Waals surface area contributed by atoms with E-state index in [2.05, 4.69) is 10.1 Å². The molecule has 1 heterocycles. The zero-order chi connectivity index (χ0) is 5.28. The molecule has 0 saturated carbocycles. The van der Waals surface area contributed by atoms with Crippen LogP contribution in [0.3, 0.4) is 0 Å². The van der Waals surface area contributed by atoms with E-state index < -0.39 is 0 Å². The maximum absolute atomic E-state index is 5.14. The van der Waals surface area contributed by atoms with E-state index in [0.717, 1.165) is 0 Å². The van der Waals surface area contributed by atoms with Crippen LogP contribution >= 0.6 is 0 Å². The summed E-state index contributed by atoms with van der Waals surface area (Å²) in [6.07, 6.45) is 1.55. The van der Waals surface area contributed by atoms with Crippen molar-refractivity contribution in [1.82, 2.24) is 14.8 Å². The molecule has 0 aliphatic heterocycles. The van der Waals surface area contributed by atoms with Crippen LogP contribution in [-0.4, -0.2) is 14.8 Å². The first-order valence-electron chi connectivity index (χ1n) is 1.90. The van der Waals surface area contributed by atoms with Gasteiger partial charge in [-0.3, -0.25) is 4.68 Å². The summed E-state index contributed by atoms with van der Waals surface area (Å²) in [5, 5.41) is 3.69. The van der Waals surface area contributed by atoms with Gasteiger partial charge in [0.2, 0.25) is 5.95 Å². The number of rotatable bonds is 0. The fourth-order valence-corrected chi connectivity index (χ4v) is 0.356. The normalized spacial score (nSPS) is 9.29. The smallest absolute Gasteiger partial charge is 0.239 e. The molecule has 1 aromatic rings. The predicted octanol–water partition coefficient (Wildman–Crippen LogP) is -0.357. The molecule has 4 heteroatoms. The second kappa shape index (κ2) is 1.22. The molecule has 40 valence electrons. The van der Waals surface area contributed by atoms with E-state index >= 15 is 0 Å². The van der Waals surface area contributed by atoms with Crippen LogP contribution in [0.4, 0.5) is 5.95 Å². The Kier molecular flexibility index (Phi) is 0.714. The van der Waals surface area contributed by atoms with Crippen molar-refractivity contribution in [2.75, 3.05) is 5.73 Å². The van der Waals surface area contributed by atoms with Gasteiger partial charge in [0, 0.05) is 8.47 Å². The molecule has 0 radical (unpaired) electrons. The highest BCUT2D eigenvalue weighted by Crippen LogP contribution is 1.82. The minimum atomic E-state index is 0. The van der Waals surface area contributed by atoms with E-state index in [1.807, 2.05) is 0 Å². The number of aromatic nitrogens is 3. The Hall–Kier alpha value is -1.06. The number of nitrogen functional groups attached to an aromatic ring is 1. The molecule has 1 aromatic heterocycles. The Balaban J connectivity index is 0.000000490. The minimum absolute atomic E-state index is 0. The highest BCUT2D eigenvalue weighted by Gasteiger charge is 1.84. The zero-order valence-electron chi connectivity index (χ0n) is 4.00. The van der Waals surface area contributed by atoms with Crippen molar-refractivity contribution in [3.8, 4) is 0 Å². The van der Waals surface area contributed by atoms with Crippen LogP contribution in [0.25, 0.3) is 0 Å². The van der Waals surface area contributed by atoms with Crippen molar-refractivity contribution < 1.29 is 1.43 Å². The summed E-state index contributed by atoms with van der Waals surface area (Å²) in [5.41, 5.74) is 5.14. The fourth-order valence-electron chi connectivity index (χ4n) is 0.356. The number of hydrogen-bond donors (Lipinski definition) is 1. The standard InChI is InChI=1S/C3H6N4.H2/c1-7-2-5-3(4)6-7;/h2H,1H3,(H2,4,6);1H. The molecule has 0 unspecified atom stereocenters. The Bertz CT molecular complexity index is 144. The Morgan fingerprint density at radius 1 is 2.00 bits per heavy atom. The van der Waals surface area contributed by atoms with Crippen LogP contribution in [0.5, 0.6) is 0 Å². The Morgan fingerprint density at radius 3 is 2.86 bits per heavy atom. The Labute approximate surface area is 42.4 Å². The molecule has 0 spiro atoms. The van der Waals surface area contributed by atoms with Crippen LogP contribution in [0.15, 0.2) is 6.33 Å². The fraction of sp³-hybridized carbons (Fsp3) is 0.333. The molecule has 4 nitrogen and oxygen atoms in total. The lowest BCUT2D eigenvalue weighted by atomic mass is 11.1. The van der Waals surface area contributed by atoms with Gasteiger partial charge < -0.3 is 5.73 Å². The molecule has 0 fully saturated rings. The summed E-state index contributed by atoms with van der Waals surface area (Å²) in [4.78, 5) is 3.65. The monoisotopic (exact) mass is 100 g/mol. The van der Waals surface area contributed by atoms with Crippen molar-refractivity contribution in [2.24, 2.45) is 7.05 Å². The van der Waals surface area contributed by atoms with Gasteiger partial charge in [-0.25, -0.2) is 4.98 Å². The number of nitrogens with zero attached hydrogens (tertiary/aromatic N) is 3. The van der Waals surface area contributed by atoms with E-state index in [4.69, 9.17) is 5.73 Å². The molecule has 1 rings (SSSR count). The molecule has 0 aliphatic rings. The second-order valence-electron chi connectivity index (χ2n) is 1.28. The molecule has 0 bridgehead atoms. The van der Waals surface area contributed by atoms with Crippen molar-refractivity contribution in [3.63, 3.8) is 0 Å². The molecule has 2 N–H and O–H groups in total. The lowest BCUT2D eigenvalue weighted by Crippen LogP contribution is -1.90. The summed E-state index contributed by atoms with van der Waals surface area (Å²) >= 11 is 0. The van der Waals surface area contributed by atoms with Crippen molar-refractivity contribution >= 4 is 5.95 Å². The highest BCUT2D eigenvalue weighted by molar-refractivity contribution is 5.08. The maximum atomic E-state index is 5.14. The average Bonchev–Trinajstić information content (AvgIpc) is 1.87. The summed E-state index contributed by atoms with van der Waals surface area (Å²) in [7, 11) is 1.77. The molecule has 0 amide bonds. The molecular formula is C3H8N4. The van der Waals surface area contributed by atoms with Crippen LogP contribution < -0.4 is 5.73 Å². The highest BCUT2D eigenvalue weighted by atomic mass is 15.3. The molecule has 7 heavy (non-hydrogen) atoms. The minimum Gasteiger partial charge on any atom is -0.367 e. The van der Waals surface area contributed by atoms with Gasteiger partial charge in [-0.05, 0) is 0 Å². The maximum Gasteiger partial charge on any atom is 0.239 e. The molecular weight excluding hydrogens is 92.1 g/mol. The third-order valence-corrected chi connectivity index (χ3v) is 0.617. The number of hydrogen-bond acceptors (Lipinski definition) is 3. The van der Waals surface area contributed by atoms with Crippen LogP contribution in [-0.2, 0) is 7.05 Å².